The van der Waals surface area contributed by atoms with Crippen molar-refractivity contribution in [2.24, 2.45) is 0 Å². The fourth-order valence-electron chi connectivity index (χ4n) is 2.64. The number of aromatic nitrogens is 3. The van der Waals surface area contributed by atoms with Gasteiger partial charge in [0.05, 0.1) is 29.7 Å². The van der Waals surface area contributed by atoms with Crippen molar-refractivity contribution >= 4 is 22.9 Å². The molecular weight excluding hydrogens is 384 g/mol. The van der Waals surface area contributed by atoms with Crippen molar-refractivity contribution in [3.63, 3.8) is 0 Å². The number of thiazole rings is 1. The van der Waals surface area contributed by atoms with E-state index in [1.807, 2.05) is 53.9 Å². The first-order valence-corrected chi connectivity index (χ1v) is 9.93. The molecule has 0 radical (unpaired) electrons. The predicted octanol–water partition coefficient (Wildman–Crippen LogP) is 4.36. The van der Waals surface area contributed by atoms with Gasteiger partial charge in [0.1, 0.15) is 11.6 Å². The summed E-state index contributed by atoms with van der Waals surface area (Å²) < 4.78 is 5.65. The molecule has 0 aliphatic rings. The average Bonchev–Trinajstić information content (AvgIpc) is 3.23. The molecule has 4 rings (SSSR count). The van der Waals surface area contributed by atoms with Gasteiger partial charge < -0.3 is 10.1 Å². The van der Waals surface area contributed by atoms with Crippen LogP contribution in [0.4, 0.5) is 5.69 Å². The van der Waals surface area contributed by atoms with E-state index in [0.717, 1.165) is 16.3 Å². The lowest BCUT2D eigenvalue weighted by atomic mass is 10.2. The van der Waals surface area contributed by atoms with E-state index < -0.39 is 0 Å². The number of nitrogens with zero attached hydrogens (tertiary/aromatic N) is 3. The number of nitrogens with one attached hydrogen (secondary N) is 1. The number of hydrogen-bond donors (Lipinski definition) is 1. The zero-order chi connectivity index (χ0) is 19.9. The zero-order valence-electron chi connectivity index (χ0n) is 15.5. The normalized spacial score (nSPS) is 10.5. The van der Waals surface area contributed by atoms with E-state index in [9.17, 15) is 4.79 Å². The quantitative estimate of drug-likeness (QED) is 0.497. The molecule has 144 valence electrons. The third-order valence-corrected chi connectivity index (χ3v) is 4.94. The summed E-state index contributed by atoms with van der Waals surface area (Å²) in [6.07, 6.45) is 3.50. The molecule has 1 N–H and O–H groups in total. The third-order valence-electron chi connectivity index (χ3n) is 4.03. The van der Waals surface area contributed by atoms with Crippen LogP contribution in [0, 0.1) is 0 Å². The van der Waals surface area contributed by atoms with Crippen LogP contribution in [-0.2, 0) is 17.8 Å². The largest absolute Gasteiger partial charge is 0.473 e. The molecule has 7 heteroatoms. The Morgan fingerprint density at radius 2 is 1.86 bits per heavy atom. The Morgan fingerprint density at radius 3 is 2.62 bits per heavy atom. The van der Waals surface area contributed by atoms with E-state index >= 15 is 0 Å². The van der Waals surface area contributed by atoms with Gasteiger partial charge in [-0.05, 0) is 23.8 Å². The molecular formula is C22H18N4O2S. The number of carbonyl (C=O) groups excluding carboxylic acids is 1. The van der Waals surface area contributed by atoms with Crippen LogP contribution in [0.5, 0.6) is 5.88 Å². The van der Waals surface area contributed by atoms with Gasteiger partial charge in [-0.25, -0.2) is 9.97 Å². The Morgan fingerprint density at radius 1 is 1.00 bits per heavy atom. The minimum Gasteiger partial charge on any atom is -0.473 e. The number of amides is 1. The van der Waals surface area contributed by atoms with Gasteiger partial charge >= 0.3 is 0 Å². The van der Waals surface area contributed by atoms with Crippen LogP contribution < -0.4 is 10.1 Å². The van der Waals surface area contributed by atoms with Crippen LogP contribution in [0.1, 0.15) is 11.3 Å². The maximum atomic E-state index is 12.3. The van der Waals surface area contributed by atoms with Crippen LogP contribution >= 0.6 is 11.3 Å². The van der Waals surface area contributed by atoms with Crippen LogP contribution in [0.25, 0.3) is 10.7 Å². The molecule has 0 spiro atoms. The molecule has 3 heterocycles. The lowest BCUT2D eigenvalue weighted by Gasteiger charge is -2.07. The predicted molar refractivity (Wildman–Crippen MR) is 113 cm³/mol. The lowest BCUT2D eigenvalue weighted by Crippen LogP contribution is -2.14. The number of rotatable bonds is 7. The van der Waals surface area contributed by atoms with Crippen molar-refractivity contribution in [1.29, 1.82) is 0 Å². The van der Waals surface area contributed by atoms with E-state index in [1.54, 1.807) is 24.5 Å². The molecule has 4 aromatic rings. The molecule has 0 saturated carbocycles. The number of benzene rings is 1. The first kappa shape index (κ1) is 18.8. The third kappa shape index (κ3) is 5.24. The molecule has 0 aliphatic carbocycles. The SMILES string of the molecule is O=C(Cc1csc(-c2ccccn2)n1)Nc1ccc(OCc2ccccc2)nc1. The monoisotopic (exact) mass is 402 g/mol. The maximum absolute atomic E-state index is 12.3. The minimum absolute atomic E-state index is 0.150. The maximum Gasteiger partial charge on any atom is 0.230 e. The Labute approximate surface area is 172 Å². The molecule has 0 atom stereocenters. The molecule has 0 saturated heterocycles. The summed E-state index contributed by atoms with van der Waals surface area (Å²) in [4.78, 5) is 25.3. The van der Waals surface area contributed by atoms with Gasteiger partial charge in [-0.2, -0.15) is 0 Å². The van der Waals surface area contributed by atoms with Crippen molar-refractivity contribution < 1.29 is 9.53 Å². The van der Waals surface area contributed by atoms with Gasteiger partial charge in [-0.1, -0.05) is 36.4 Å². The highest BCUT2D eigenvalue weighted by Gasteiger charge is 2.10. The minimum atomic E-state index is -0.150. The molecule has 6 nitrogen and oxygen atoms in total. The number of carbonyl (C=O) groups is 1. The summed E-state index contributed by atoms with van der Waals surface area (Å²) in [6.45, 7) is 0.446. The average molecular weight is 402 g/mol. The molecule has 0 fully saturated rings. The highest BCUT2D eigenvalue weighted by molar-refractivity contribution is 7.13. The molecule has 3 aromatic heterocycles. The van der Waals surface area contributed by atoms with Crippen LogP contribution in [0.3, 0.4) is 0 Å². The second-order valence-corrected chi connectivity index (χ2v) is 7.10. The molecule has 0 aliphatic heterocycles. The standard InChI is InChI=1S/C22H18N4O2S/c27-20(12-18-15-29-22(26-18)19-8-4-5-11-23-19)25-17-9-10-21(24-13-17)28-14-16-6-2-1-3-7-16/h1-11,13,15H,12,14H2,(H,25,27). The number of anilines is 1. The van der Waals surface area contributed by atoms with Crippen molar-refractivity contribution in [3.8, 4) is 16.6 Å². The smallest absolute Gasteiger partial charge is 0.230 e. The van der Waals surface area contributed by atoms with Crippen LogP contribution in [0.2, 0.25) is 0 Å². The van der Waals surface area contributed by atoms with Crippen LogP contribution in [0.15, 0.2) is 78.4 Å². The van der Waals surface area contributed by atoms with E-state index in [4.69, 9.17) is 4.74 Å². The van der Waals surface area contributed by atoms with E-state index in [-0.39, 0.29) is 12.3 Å². The lowest BCUT2D eigenvalue weighted by molar-refractivity contribution is -0.115. The highest BCUT2D eigenvalue weighted by Crippen LogP contribution is 2.22. The van der Waals surface area contributed by atoms with Gasteiger partial charge in [0.25, 0.3) is 0 Å². The fraction of sp³-hybridized carbons (Fsp3) is 0.0909. The Bertz CT molecular complexity index is 1070. The van der Waals surface area contributed by atoms with Gasteiger partial charge in [0.15, 0.2) is 0 Å². The van der Waals surface area contributed by atoms with Crippen molar-refractivity contribution in [3.05, 3.63) is 89.7 Å². The summed E-state index contributed by atoms with van der Waals surface area (Å²) in [5.41, 5.74) is 3.20. The first-order chi connectivity index (χ1) is 14.3. The van der Waals surface area contributed by atoms with E-state index in [2.05, 4.69) is 20.3 Å². The zero-order valence-corrected chi connectivity index (χ0v) is 16.3. The summed E-state index contributed by atoms with van der Waals surface area (Å²) in [6, 6.07) is 19.1. The number of pyridine rings is 2. The Hall–Kier alpha value is -3.58. The molecule has 1 amide bonds. The fourth-order valence-corrected chi connectivity index (χ4v) is 3.43. The summed E-state index contributed by atoms with van der Waals surface area (Å²) in [7, 11) is 0. The van der Waals surface area contributed by atoms with Crippen LogP contribution in [-0.4, -0.2) is 20.9 Å². The van der Waals surface area contributed by atoms with E-state index in [0.29, 0.717) is 23.9 Å². The molecule has 0 unspecified atom stereocenters. The second kappa shape index (κ2) is 9.07. The second-order valence-electron chi connectivity index (χ2n) is 6.24. The van der Waals surface area contributed by atoms with Crippen molar-refractivity contribution in [2.75, 3.05) is 5.32 Å². The Kier molecular flexibility index (Phi) is 5.87. The Balaban J connectivity index is 1.30. The van der Waals surface area contributed by atoms with E-state index in [1.165, 1.54) is 11.3 Å². The van der Waals surface area contributed by atoms with Gasteiger partial charge in [0.2, 0.25) is 11.8 Å². The summed E-state index contributed by atoms with van der Waals surface area (Å²) in [5, 5.41) is 5.51. The van der Waals surface area contributed by atoms with Gasteiger partial charge in [0, 0.05) is 17.6 Å². The summed E-state index contributed by atoms with van der Waals surface area (Å²) >= 11 is 1.47. The van der Waals surface area contributed by atoms with Gasteiger partial charge in [-0.15, -0.1) is 11.3 Å². The first-order valence-electron chi connectivity index (χ1n) is 9.05. The van der Waals surface area contributed by atoms with Crippen molar-refractivity contribution in [1.82, 2.24) is 15.0 Å². The topological polar surface area (TPSA) is 77.0 Å². The molecule has 29 heavy (non-hydrogen) atoms. The highest BCUT2D eigenvalue weighted by atomic mass is 32.1. The number of hydrogen-bond acceptors (Lipinski definition) is 6. The number of ether oxygens (including phenoxy) is 1. The van der Waals surface area contributed by atoms with Gasteiger partial charge in [-0.3, -0.25) is 9.78 Å². The van der Waals surface area contributed by atoms with Crippen molar-refractivity contribution in [2.45, 2.75) is 13.0 Å². The summed E-state index contributed by atoms with van der Waals surface area (Å²) in [5.74, 6) is 0.356. The molecule has 0 bridgehead atoms. The molecule has 1 aromatic carbocycles.